The van der Waals surface area contributed by atoms with Gasteiger partial charge in [0.2, 0.25) is 0 Å². The summed E-state index contributed by atoms with van der Waals surface area (Å²) in [5, 5.41) is 1.69. The highest BCUT2D eigenvalue weighted by Crippen LogP contribution is 2.37. The molecule has 35 heavy (non-hydrogen) atoms. The van der Waals surface area contributed by atoms with Crippen LogP contribution in [0.2, 0.25) is 5.02 Å². The van der Waals surface area contributed by atoms with Gasteiger partial charge in [-0.1, -0.05) is 61.0 Å². The highest BCUT2D eigenvalue weighted by Gasteiger charge is 2.25. The van der Waals surface area contributed by atoms with Crippen LogP contribution in [-0.2, 0) is 9.53 Å². The Morgan fingerprint density at radius 1 is 1.06 bits per heavy atom. The summed E-state index contributed by atoms with van der Waals surface area (Å²) in [6.07, 6.45) is 0.860. The molecule has 0 radical (unpaired) electrons. The molecule has 1 amide bonds. The summed E-state index contributed by atoms with van der Waals surface area (Å²) in [6.45, 7) is 2.40. The number of halogens is 1. The summed E-state index contributed by atoms with van der Waals surface area (Å²) in [5.41, 5.74) is 3.37. The number of pyridine rings is 1. The third-order valence-corrected chi connectivity index (χ3v) is 7.44. The van der Waals surface area contributed by atoms with Crippen LogP contribution in [0.15, 0.2) is 83.8 Å². The van der Waals surface area contributed by atoms with E-state index in [0.29, 0.717) is 39.0 Å². The van der Waals surface area contributed by atoms with Gasteiger partial charge in [-0.3, -0.25) is 4.79 Å². The lowest BCUT2D eigenvalue weighted by Crippen LogP contribution is -2.35. The number of aromatic nitrogens is 1. The molecule has 0 saturated heterocycles. The van der Waals surface area contributed by atoms with Gasteiger partial charge in [-0.05, 0) is 42.8 Å². The van der Waals surface area contributed by atoms with Crippen LogP contribution in [-0.4, -0.2) is 35.3 Å². The Hall–Kier alpha value is -3.35. The van der Waals surface area contributed by atoms with Crippen LogP contribution in [0, 0.1) is 0 Å². The van der Waals surface area contributed by atoms with Crippen LogP contribution in [0.3, 0.4) is 0 Å². The Morgan fingerprint density at radius 3 is 2.63 bits per heavy atom. The maximum atomic E-state index is 13.2. The zero-order valence-electron chi connectivity index (χ0n) is 19.1. The second kappa shape index (κ2) is 10.1. The molecule has 0 bridgehead atoms. The highest BCUT2D eigenvalue weighted by atomic mass is 35.5. The van der Waals surface area contributed by atoms with E-state index in [4.69, 9.17) is 21.3 Å². The molecule has 4 aromatic rings. The fraction of sp³-hybridized carbons (Fsp3) is 0.179. The maximum absolute atomic E-state index is 13.2. The maximum Gasteiger partial charge on any atom is 0.339 e. The lowest BCUT2D eigenvalue weighted by Gasteiger charge is -2.22. The number of hydrogen-bond donors (Lipinski definition) is 0. The van der Waals surface area contributed by atoms with Crippen molar-refractivity contribution in [3.8, 4) is 11.3 Å². The number of nitrogens with zero attached hydrogens (tertiary/aromatic N) is 2. The van der Waals surface area contributed by atoms with Gasteiger partial charge in [-0.25, -0.2) is 9.78 Å². The molecule has 7 heteroatoms. The van der Waals surface area contributed by atoms with Gasteiger partial charge in [0.05, 0.1) is 22.5 Å². The Morgan fingerprint density at radius 2 is 1.80 bits per heavy atom. The Balaban J connectivity index is 1.40. The topological polar surface area (TPSA) is 59.5 Å². The van der Waals surface area contributed by atoms with E-state index >= 15 is 0 Å². The normalized spacial score (nSPS) is 15.4. The van der Waals surface area contributed by atoms with Crippen LogP contribution >= 0.6 is 23.4 Å². The number of amides is 1. The number of hydrogen-bond acceptors (Lipinski definition) is 5. The summed E-state index contributed by atoms with van der Waals surface area (Å²) in [7, 11) is 0. The van der Waals surface area contributed by atoms with E-state index in [1.165, 1.54) is 0 Å². The van der Waals surface area contributed by atoms with Crippen molar-refractivity contribution < 1.29 is 14.3 Å². The van der Waals surface area contributed by atoms with Crippen LogP contribution in [0.25, 0.3) is 22.2 Å². The minimum Gasteiger partial charge on any atom is -0.452 e. The Labute approximate surface area is 213 Å². The molecule has 0 saturated carbocycles. The third-order valence-electron chi connectivity index (χ3n) is 5.95. The van der Waals surface area contributed by atoms with E-state index < -0.39 is 5.97 Å². The number of esters is 1. The largest absolute Gasteiger partial charge is 0.452 e. The summed E-state index contributed by atoms with van der Waals surface area (Å²) < 4.78 is 5.56. The molecule has 3 aromatic carbocycles. The molecule has 1 aliphatic rings. The van der Waals surface area contributed by atoms with Gasteiger partial charge >= 0.3 is 5.97 Å². The van der Waals surface area contributed by atoms with Crippen LogP contribution in [0.1, 0.15) is 23.7 Å². The van der Waals surface area contributed by atoms with Crippen molar-refractivity contribution in [1.29, 1.82) is 0 Å². The summed E-state index contributed by atoms with van der Waals surface area (Å²) in [5.74, 6) is -0.796. The quantitative estimate of drug-likeness (QED) is 0.293. The zero-order valence-corrected chi connectivity index (χ0v) is 20.7. The third kappa shape index (κ3) is 5.04. The van der Waals surface area contributed by atoms with Gasteiger partial charge < -0.3 is 9.64 Å². The average molecular weight is 503 g/mol. The van der Waals surface area contributed by atoms with Crippen molar-refractivity contribution >= 4 is 51.8 Å². The first kappa shape index (κ1) is 23.4. The minimum atomic E-state index is -0.557. The molecule has 0 spiro atoms. The predicted octanol–water partition coefficient (Wildman–Crippen LogP) is 6.63. The SMILES string of the molecule is C[C@@H]1CCN(C(=O)COC(=O)c2cc(-c3ccc(Cl)cc3)nc3ccccc23)c2ccccc2S1. The smallest absolute Gasteiger partial charge is 0.339 e. The van der Waals surface area contributed by atoms with Crippen molar-refractivity contribution in [2.75, 3.05) is 18.1 Å². The van der Waals surface area contributed by atoms with Gasteiger partial charge in [0, 0.05) is 32.7 Å². The number of fused-ring (bicyclic) bond motifs is 2. The van der Waals surface area contributed by atoms with Crippen LogP contribution < -0.4 is 4.90 Å². The number of benzene rings is 3. The summed E-state index contributed by atoms with van der Waals surface area (Å²) in [4.78, 5) is 33.8. The van der Waals surface area contributed by atoms with Crippen molar-refractivity contribution in [1.82, 2.24) is 4.98 Å². The molecule has 5 rings (SSSR count). The molecule has 176 valence electrons. The lowest BCUT2D eigenvalue weighted by molar-refractivity contribution is -0.121. The van der Waals surface area contributed by atoms with E-state index in [1.54, 1.807) is 34.9 Å². The van der Waals surface area contributed by atoms with E-state index in [1.807, 2.05) is 60.7 Å². The fourth-order valence-corrected chi connectivity index (χ4v) is 5.38. The molecule has 5 nitrogen and oxygen atoms in total. The van der Waals surface area contributed by atoms with Crippen molar-refractivity contribution in [2.24, 2.45) is 0 Å². The van der Waals surface area contributed by atoms with E-state index in [0.717, 1.165) is 22.6 Å². The number of carbonyl (C=O) groups excluding carboxylic acids is 2. The van der Waals surface area contributed by atoms with E-state index in [2.05, 4.69) is 6.92 Å². The summed E-state index contributed by atoms with van der Waals surface area (Å²) >= 11 is 7.79. The second-order valence-electron chi connectivity index (χ2n) is 8.39. The number of ether oxygens (including phenoxy) is 1. The number of thioether (sulfide) groups is 1. The van der Waals surface area contributed by atoms with E-state index in [9.17, 15) is 9.59 Å². The zero-order chi connectivity index (χ0) is 24.4. The summed E-state index contributed by atoms with van der Waals surface area (Å²) in [6, 6.07) is 24.2. The monoisotopic (exact) mass is 502 g/mol. The number of anilines is 1. The molecule has 2 heterocycles. The van der Waals surface area contributed by atoms with Gasteiger partial charge in [0.1, 0.15) is 0 Å². The first-order chi connectivity index (χ1) is 17.0. The minimum absolute atomic E-state index is 0.239. The van der Waals surface area contributed by atoms with Crippen LogP contribution in [0.5, 0.6) is 0 Å². The molecular weight excluding hydrogens is 480 g/mol. The molecule has 1 aromatic heterocycles. The molecule has 0 N–H and O–H groups in total. The van der Waals surface area contributed by atoms with Crippen molar-refractivity contribution in [2.45, 2.75) is 23.5 Å². The second-order valence-corrected chi connectivity index (χ2v) is 10.3. The Kier molecular flexibility index (Phi) is 6.75. The van der Waals surface area contributed by atoms with Crippen LogP contribution in [0.4, 0.5) is 5.69 Å². The first-order valence-electron chi connectivity index (χ1n) is 11.4. The average Bonchev–Trinajstić information content (AvgIpc) is 3.05. The van der Waals surface area contributed by atoms with Crippen molar-refractivity contribution in [3.05, 3.63) is 89.4 Å². The van der Waals surface area contributed by atoms with Gasteiger partial charge in [0.15, 0.2) is 6.61 Å². The van der Waals surface area contributed by atoms with E-state index in [-0.39, 0.29) is 12.5 Å². The molecular formula is C28H23ClN2O3S. The molecule has 1 aliphatic heterocycles. The molecule has 0 unspecified atom stereocenters. The first-order valence-corrected chi connectivity index (χ1v) is 12.6. The number of para-hydroxylation sites is 2. The predicted molar refractivity (Wildman–Crippen MR) is 141 cm³/mol. The Bertz CT molecular complexity index is 1410. The number of carbonyl (C=O) groups is 2. The van der Waals surface area contributed by atoms with Gasteiger partial charge in [-0.2, -0.15) is 0 Å². The standard InChI is InChI=1S/C28H23ClN2O3S/c1-18-14-15-31(25-8-4-5-9-26(25)35-18)27(32)17-34-28(33)22-16-24(19-10-12-20(29)13-11-19)30-23-7-3-2-6-21(22)23/h2-13,16,18H,14-15,17H2,1H3/t18-/m1/s1. The highest BCUT2D eigenvalue weighted by molar-refractivity contribution is 8.00. The number of rotatable bonds is 4. The molecule has 0 aliphatic carbocycles. The van der Waals surface area contributed by atoms with Crippen molar-refractivity contribution in [3.63, 3.8) is 0 Å². The van der Waals surface area contributed by atoms with Gasteiger partial charge in [-0.15, -0.1) is 11.8 Å². The molecule has 0 fully saturated rings. The van der Waals surface area contributed by atoms with Gasteiger partial charge in [0.25, 0.3) is 5.91 Å². The fourth-order valence-electron chi connectivity index (χ4n) is 4.14. The molecule has 1 atom stereocenters. The lowest BCUT2D eigenvalue weighted by atomic mass is 10.0.